The fourth-order valence-corrected chi connectivity index (χ4v) is 2.75. The van der Waals surface area contributed by atoms with Gasteiger partial charge in [-0.2, -0.15) is 0 Å². The van der Waals surface area contributed by atoms with E-state index in [4.69, 9.17) is 16.3 Å². The van der Waals surface area contributed by atoms with Crippen LogP contribution in [0.1, 0.15) is 31.1 Å². The Kier molecular flexibility index (Phi) is 4.68. The zero-order valence-electron chi connectivity index (χ0n) is 13.2. The Morgan fingerprint density at radius 2 is 1.73 bits per heavy atom. The summed E-state index contributed by atoms with van der Waals surface area (Å²) >= 11 is 5.77. The lowest BCUT2D eigenvalue weighted by molar-refractivity contribution is -0.385. The first-order chi connectivity index (χ1) is 12.4. The second-order valence-electron chi connectivity index (χ2n) is 5.36. The highest BCUT2D eigenvalue weighted by atomic mass is 35.5. The van der Waals surface area contributed by atoms with Gasteiger partial charge in [0.15, 0.2) is 0 Å². The molecule has 9 heteroatoms. The molecule has 0 atom stereocenters. The Bertz CT molecular complexity index is 908. The van der Waals surface area contributed by atoms with E-state index in [1.165, 1.54) is 18.2 Å². The lowest BCUT2D eigenvalue weighted by Crippen LogP contribution is -2.33. The Balaban J connectivity index is 1.67. The van der Waals surface area contributed by atoms with Crippen LogP contribution in [0.2, 0.25) is 5.02 Å². The van der Waals surface area contributed by atoms with E-state index in [-0.39, 0.29) is 34.9 Å². The summed E-state index contributed by atoms with van der Waals surface area (Å²) in [4.78, 5) is 47.7. The van der Waals surface area contributed by atoms with Crippen molar-refractivity contribution in [2.75, 3.05) is 13.2 Å². The highest BCUT2D eigenvalue weighted by Gasteiger charge is 2.35. The molecule has 0 radical (unpaired) electrons. The van der Waals surface area contributed by atoms with Crippen molar-refractivity contribution in [2.24, 2.45) is 0 Å². The second-order valence-corrected chi connectivity index (χ2v) is 5.80. The predicted molar refractivity (Wildman–Crippen MR) is 90.2 cm³/mol. The third-order valence-corrected chi connectivity index (χ3v) is 4.04. The van der Waals surface area contributed by atoms with Crippen LogP contribution >= 0.6 is 11.6 Å². The molecule has 1 aliphatic rings. The Labute approximate surface area is 152 Å². The molecule has 2 amide bonds. The number of nitrogens with zero attached hydrogens (tertiary/aromatic N) is 2. The molecule has 0 unspecified atom stereocenters. The summed E-state index contributed by atoms with van der Waals surface area (Å²) in [6.45, 7) is -0.458. The summed E-state index contributed by atoms with van der Waals surface area (Å²) < 4.78 is 4.98. The van der Waals surface area contributed by atoms with E-state index in [0.717, 1.165) is 17.0 Å². The largest absolute Gasteiger partial charge is 0.460 e. The van der Waals surface area contributed by atoms with Crippen LogP contribution in [-0.2, 0) is 4.74 Å². The zero-order chi connectivity index (χ0) is 18.8. The van der Waals surface area contributed by atoms with Gasteiger partial charge in [-0.3, -0.25) is 24.6 Å². The van der Waals surface area contributed by atoms with Crippen molar-refractivity contribution in [1.29, 1.82) is 0 Å². The number of halogens is 1. The van der Waals surface area contributed by atoms with Crippen LogP contribution in [0.25, 0.3) is 0 Å². The first-order valence-electron chi connectivity index (χ1n) is 7.46. The van der Waals surface area contributed by atoms with Crippen molar-refractivity contribution >= 4 is 35.1 Å². The van der Waals surface area contributed by atoms with Crippen LogP contribution in [0.3, 0.4) is 0 Å². The number of nitro benzene ring substituents is 1. The summed E-state index contributed by atoms with van der Waals surface area (Å²) in [7, 11) is 0. The molecule has 0 bridgehead atoms. The molecule has 0 N–H and O–H groups in total. The van der Waals surface area contributed by atoms with Gasteiger partial charge in [-0.1, -0.05) is 23.7 Å². The van der Waals surface area contributed by atoms with Crippen molar-refractivity contribution in [3.63, 3.8) is 0 Å². The number of esters is 1. The van der Waals surface area contributed by atoms with E-state index in [1.54, 1.807) is 12.1 Å². The van der Waals surface area contributed by atoms with Crippen molar-refractivity contribution in [3.8, 4) is 0 Å². The van der Waals surface area contributed by atoms with Crippen LogP contribution in [0.4, 0.5) is 5.69 Å². The molecule has 0 fully saturated rings. The number of rotatable bonds is 5. The van der Waals surface area contributed by atoms with Crippen LogP contribution in [0.5, 0.6) is 0 Å². The van der Waals surface area contributed by atoms with Gasteiger partial charge >= 0.3 is 5.97 Å². The fourth-order valence-electron chi connectivity index (χ4n) is 2.58. The minimum Gasteiger partial charge on any atom is -0.460 e. The zero-order valence-corrected chi connectivity index (χ0v) is 13.9. The number of fused-ring (bicyclic) bond motifs is 1. The van der Waals surface area contributed by atoms with E-state index in [2.05, 4.69) is 0 Å². The van der Waals surface area contributed by atoms with Crippen molar-refractivity contribution in [3.05, 3.63) is 74.3 Å². The first-order valence-corrected chi connectivity index (χ1v) is 7.84. The number of carbonyl (C=O) groups is 3. The van der Waals surface area contributed by atoms with Gasteiger partial charge in [-0.05, 0) is 24.3 Å². The van der Waals surface area contributed by atoms with Gasteiger partial charge in [0, 0.05) is 11.1 Å². The molecule has 8 nitrogen and oxygen atoms in total. The lowest BCUT2D eigenvalue weighted by Gasteiger charge is -2.13. The molecule has 0 spiro atoms. The minimum atomic E-state index is -0.962. The van der Waals surface area contributed by atoms with Gasteiger partial charge in [0.05, 0.1) is 22.6 Å². The minimum absolute atomic E-state index is 0.142. The van der Waals surface area contributed by atoms with Crippen LogP contribution in [0, 0.1) is 10.1 Å². The quantitative estimate of drug-likeness (QED) is 0.344. The van der Waals surface area contributed by atoms with E-state index >= 15 is 0 Å². The molecule has 1 aliphatic heterocycles. The van der Waals surface area contributed by atoms with Crippen molar-refractivity contribution in [1.82, 2.24) is 4.90 Å². The Hall–Kier alpha value is -3.26. The van der Waals surface area contributed by atoms with Gasteiger partial charge < -0.3 is 4.74 Å². The molecular weight excluding hydrogens is 364 g/mol. The monoisotopic (exact) mass is 374 g/mol. The summed E-state index contributed by atoms with van der Waals surface area (Å²) in [5, 5.41) is 11.1. The molecule has 0 saturated heterocycles. The number of ether oxygens (including phenoxy) is 1. The third-order valence-electron chi connectivity index (χ3n) is 3.80. The molecule has 0 aliphatic carbocycles. The highest BCUT2D eigenvalue weighted by molar-refractivity contribution is 6.31. The van der Waals surface area contributed by atoms with Crippen LogP contribution in [-0.4, -0.2) is 40.8 Å². The van der Waals surface area contributed by atoms with Gasteiger partial charge in [0.2, 0.25) is 0 Å². The maximum atomic E-state index is 12.2. The van der Waals surface area contributed by atoms with Crippen molar-refractivity contribution in [2.45, 2.75) is 0 Å². The molecule has 0 saturated carbocycles. The summed E-state index contributed by atoms with van der Waals surface area (Å²) in [6.07, 6.45) is 0. The standard InChI is InChI=1S/C17H11ClN2O6/c18-10-5-6-14(20(24)25)13(9-10)17(23)26-8-7-19-15(21)11-3-1-2-4-12(11)16(19)22/h1-6,9H,7-8H2. The molecule has 3 rings (SSSR count). The molecule has 2 aromatic rings. The fraction of sp³-hybridized carbons (Fsp3) is 0.118. The maximum absolute atomic E-state index is 12.2. The number of nitro groups is 1. The van der Waals surface area contributed by atoms with E-state index in [0.29, 0.717) is 0 Å². The second kappa shape index (κ2) is 6.93. The maximum Gasteiger partial charge on any atom is 0.345 e. The molecule has 0 aromatic heterocycles. The van der Waals surface area contributed by atoms with E-state index < -0.39 is 28.4 Å². The van der Waals surface area contributed by atoms with Crippen molar-refractivity contribution < 1.29 is 24.0 Å². The molecule has 1 heterocycles. The van der Waals surface area contributed by atoms with Crippen LogP contribution < -0.4 is 0 Å². The number of amides is 2. The first kappa shape index (κ1) is 17.6. The Morgan fingerprint density at radius 1 is 1.12 bits per heavy atom. The smallest absolute Gasteiger partial charge is 0.345 e. The third kappa shape index (κ3) is 3.14. The molecule has 132 valence electrons. The van der Waals surface area contributed by atoms with Gasteiger partial charge in [0.1, 0.15) is 12.2 Å². The normalized spacial score (nSPS) is 12.9. The van der Waals surface area contributed by atoms with Gasteiger partial charge in [-0.15, -0.1) is 0 Å². The summed E-state index contributed by atoms with van der Waals surface area (Å²) in [5.41, 5.74) is -0.173. The average Bonchev–Trinajstić information content (AvgIpc) is 2.86. The lowest BCUT2D eigenvalue weighted by atomic mass is 10.1. The number of benzene rings is 2. The number of carbonyl (C=O) groups excluding carboxylic acids is 3. The number of hydrogen-bond donors (Lipinski definition) is 0. The molecule has 2 aromatic carbocycles. The SMILES string of the molecule is O=C(OCCN1C(=O)c2ccccc2C1=O)c1cc(Cl)ccc1[N+](=O)[O-]. The molecular formula is C17H11ClN2O6. The summed E-state index contributed by atoms with van der Waals surface area (Å²) in [5.74, 6) is -1.92. The van der Waals surface area contributed by atoms with Gasteiger partial charge in [0.25, 0.3) is 17.5 Å². The van der Waals surface area contributed by atoms with E-state index in [1.807, 2.05) is 0 Å². The highest BCUT2D eigenvalue weighted by Crippen LogP contribution is 2.24. The Morgan fingerprint density at radius 3 is 2.31 bits per heavy atom. The summed E-state index contributed by atoms with van der Waals surface area (Å²) in [6, 6.07) is 9.88. The van der Waals surface area contributed by atoms with E-state index in [9.17, 15) is 24.5 Å². The predicted octanol–water partition coefficient (Wildman–Crippen LogP) is 2.70. The van der Waals surface area contributed by atoms with Gasteiger partial charge in [-0.25, -0.2) is 4.79 Å². The van der Waals surface area contributed by atoms with Crippen LogP contribution in [0.15, 0.2) is 42.5 Å². The average molecular weight is 375 g/mol. The number of imide groups is 1. The number of hydrogen-bond acceptors (Lipinski definition) is 6. The topological polar surface area (TPSA) is 107 Å². The molecule has 26 heavy (non-hydrogen) atoms.